The lowest BCUT2D eigenvalue weighted by molar-refractivity contribution is 0.0720. The maximum Gasteiger partial charge on any atom is 0.180 e. The number of hydrogen-bond acceptors (Lipinski definition) is 4. The maximum absolute atomic E-state index is 6.58. The number of hydrogen-bond donors (Lipinski definition) is 1. The lowest BCUT2D eigenvalue weighted by Gasteiger charge is -2.45. The van der Waals surface area contributed by atoms with E-state index in [4.69, 9.17) is 21.1 Å². The first kappa shape index (κ1) is 19.6. The summed E-state index contributed by atoms with van der Waals surface area (Å²) in [5.41, 5.74) is 2.24. The van der Waals surface area contributed by atoms with Gasteiger partial charge < -0.3 is 19.7 Å². The molecule has 0 amide bonds. The van der Waals surface area contributed by atoms with E-state index in [2.05, 4.69) is 16.3 Å². The minimum absolute atomic E-state index is 0.470. The minimum atomic E-state index is 0.470. The van der Waals surface area contributed by atoms with Crippen molar-refractivity contribution in [1.82, 2.24) is 10.2 Å². The zero-order valence-electron chi connectivity index (χ0n) is 16.5. The highest BCUT2D eigenvalue weighted by Crippen LogP contribution is 2.37. The van der Waals surface area contributed by atoms with Crippen LogP contribution in [0.25, 0.3) is 0 Å². The lowest BCUT2D eigenvalue weighted by Crippen LogP contribution is -2.55. The molecule has 3 saturated heterocycles. The van der Waals surface area contributed by atoms with E-state index >= 15 is 0 Å². The molecule has 4 nitrogen and oxygen atoms in total. The second-order valence-electron chi connectivity index (χ2n) is 7.74. The van der Waals surface area contributed by atoms with Crippen molar-refractivity contribution in [2.75, 3.05) is 26.2 Å². The molecule has 0 aromatic heterocycles. The van der Waals surface area contributed by atoms with Crippen molar-refractivity contribution in [3.05, 3.63) is 58.6 Å². The van der Waals surface area contributed by atoms with E-state index in [0.29, 0.717) is 30.0 Å². The smallest absolute Gasteiger partial charge is 0.180 e. The molecule has 3 aliphatic heterocycles. The Morgan fingerprint density at radius 3 is 2.54 bits per heavy atom. The van der Waals surface area contributed by atoms with E-state index in [1.54, 1.807) is 0 Å². The molecular formula is C23H29ClN2O2. The topological polar surface area (TPSA) is 33.7 Å². The van der Waals surface area contributed by atoms with Gasteiger partial charge in [-0.25, -0.2) is 0 Å². The average Bonchev–Trinajstić information content (AvgIpc) is 2.73. The summed E-state index contributed by atoms with van der Waals surface area (Å²) in [6.45, 7) is 7.51. The summed E-state index contributed by atoms with van der Waals surface area (Å²) >= 11 is 6.58. The summed E-state index contributed by atoms with van der Waals surface area (Å²) in [5.74, 6) is 2.15. The van der Waals surface area contributed by atoms with Crippen LogP contribution in [-0.4, -0.2) is 37.2 Å². The Kier molecular flexibility index (Phi) is 6.40. The molecule has 5 rings (SSSR count). The largest absolute Gasteiger partial charge is 0.490 e. The monoisotopic (exact) mass is 400 g/mol. The van der Waals surface area contributed by atoms with Gasteiger partial charge in [0.05, 0.1) is 11.6 Å². The number of rotatable bonds is 8. The van der Waals surface area contributed by atoms with Gasteiger partial charge in [-0.05, 0) is 62.0 Å². The fourth-order valence-electron chi connectivity index (χ4n) is 4.30. The van der Waals surface area contributed by atoms with E-state index in [-0.39, 0.29) is 0 Å². The van der Waals surface area contributed by atoms with Gasteiger partial charge in [-0.1, -0.05) is 41.9 Å². The fourth-order valence-corrected chi connectivity index (χ4v) is 4.59. The number of piperidine rings is 3. The third kappa shape index (κ3) is 4.62. The van der Waals surface area contributed by atoms with Crippen LogP contribution in [-0.2, 0) is 13.2 Å². The van der Waals surface area contributed by atoms with Gasteiger partial charge in [-0.15, -0.1) is 0 Å². The number of fused-ring (bicyclic) bond motifs is 3. The Labute approximate surface area is 172 Å². The Bertz CT molecular complexity index is 776. The molecule has 1 N–H and O–H groups in total. The zero-order chi connectivity index (χ0) is 19.3. The first-order valence-corrected chi connectivity index (χ1v) is 10.7. The molecule has 2 aromatic rings. The Morgan fingerprint density at radius 2 is 1.86 bits per heavy atom. The van der Waals surface area contributed by atoms with Crippen LogP contribution in [0, 0.1) is 5.92 Å². The maximum atomic E-state index is 6.58. The van der Waals surface area contributed by atoms with Gasteiger partial charge in [0.25, 0.3) is 0 Å². The van der Waals surface area contributed by atoms with Crippen molar-refractivity contribution in [2.45, 2.75) is 39.0 Å². The van der Waals surface area contributed by atoms with E-state index < -0.39 is 0 Å². The molecule has 5 heteroatoms. The highest BCUT2D eigenvalue weighted by molar-refractivity contribution is 6.32. The summed E-state index contributed by atoms with van der Waals surface area (Å²) in [5, 5.41) is 4.35. The summed E-state index contributed by atoms with van der Waals surface area (Å²) in [4.78, 5) is 2.57. The quantitative estimate of drug-likeness (QED) is 0.707. The lowest BCUT2D eigenvalue weighted by atomic mass is 9.84. The van der Waals surface area contributed by atoms with Crippen LogP contribution in [0.1, 0.15) is 30.9 Å². The molecule has 1 unspecified atom stereocenters. The van der Waals surface area contributed by atoms with Gasteiger partial charge in [-0.3, -0.25) is 0 Å². The predicted molar refractivity (Wildman–Crippen MR) is 113 cm³/mol. The van der Waals surface area contributed by atoms with E-state index in [0.717, 1.165) is 35.9 Å². The summed E-state index contributed by atoms with van der Waals surface area (Å²) in [6.07, 6.45) is 2.63. The van der Waals surface area contributed by atoms with Gasteiger partial charge in [-0.2, -0.15) is 0 Å². The third-order valence-electron chi connectivity index (χ3n) is 5.82. The number of benzene rings is 2. The summed E-state index contributed by atoms with van der Waals surface area (Å²) in [6, 6.07) is 14.7. The molecule has 0 spiro atoms. The van der Waals surface area contributed by atoms with E-state index in [1.807, 2.05) is 43.3 Å². The van der Waals surface area contributed by atoms with Crippen LogP contribution >= 0.6 is 11.6 Å². The molecule has 2 aromatic carbocycles. The number of halogens is 1. The highest BCUT2D eigenvalue weighted by atomic mass is 35.5. The predicted octanol–water partition coefficient (Wildman–Crippen LogP) is 4.50. The SMILES string of the molecule is CCOc1cc(CNC2CN3CCC2CC3)cc(Cl)c1OCc1ccccc1. The summed E-state index contributed by atoms with van der Waals surface area (Å²) in [7, 11) is 0. The molecule has 0 saturated carbocycles. The minimum Gasteiger partial charge on any atom is -0.490 e. The first-order valence-electron chi connectivity index (χ1n) is 10.3. The average molecular weight is 401 g/mol. The van der Waals surface area contributed by atoms with Gasteiger partial charge in [0.15, 0.2) is 11.5 Å². The number of nitrogens with one attached hydrogen (secondary N) is 1. The van der Waals surface area contributed by atoms with Gasteiger partial charge in [0, 0.05) is 19.1 Å². The third-order valence-corrected chi connectivity index (χ3v) is 6.10. The molecule has 28 heavy (non-hydrogen) atoms. The molecular weight excluding hydrogens is 372 g/mol. The van der Waals surface area contributed by atoms with Crippen molar-refractivity contribution in [3.8, 4) is 11.5 Å². The van der Waals surface area contributed by atoms with Crippen LogP contribution in [0.4, 0.5) is 0 Å². The number of nitrogens with zero attached hydrogens (tertiary/aromatic N) is 1. The normalized spacial score (nSPS) is 23.6. The Hall–Kier alpha value is -1.75. The zero-order valence-corrected chi connectivity index (χ0v) is 17.3. The van der Waals surface area contributed by atoms with Crippen molar-refractivity contribution < 1.29 is 9.47 Å². The van der Waals surface area contributed by atoms with Gasteiger partial charge in [0.2, 0.25) is 0 Å². The van der Waals surface area contributed by atoms with Crippen LogP contribution in [0.3, 0.4) is 0 Å². The Morgan fingerprint density at radius 1 is 1.07 bits per heavy atom. The first-order chi connectivity index (χ1) is 13.7. The highest BCUT2D eigenvalue weighted by Gasteiger charge is 2.33. The van der Waals surface area contributed by atoms with Crippen LogP contribution in [0.15, 0.2) is 42.5 Å². The molecule has 3 aliphatic rings. The standard InChI is InChI=1S/C23H29ClN2O2/c1-2-27-22-13-18(14-25-21-15-26-10-8-19(21)9-11-26)12-20(24)23(22)28-16-17-6-4-3-5-7-17/h3-7,12-13,19,21,25H,2,8-11,14-16H2,1H3. The Balaban J connectivity index is 1.43. The molecule has 3 fully saturated rings. The molecule has 150 valence electrons. The van der Waals surface area contributed by atoms with E-state index in [1.165, 1.54) is 25.9 Å². The molecule has 0 aliphatic carbocycles. The van der Waals surface area contributed by atoms with Crippen LogP contribution in [0.5, 0.6) is 11.5 Å². The van der Waals surface area contributed by atoms with Crippen molar-refractivity contribution in [3.63, 3.8) is 0 Å². The van der Waals surface area contributed by atoms with Crippen molar-refractivity contribution in [1.29, 1.82) is 0 Å². The fraction of sp³-hybridized carbons (Fsp3) is 0.478. The summed E-state index contributed by atoms with van der Waals surface area (Å²) < 4.78 is 11.9. The van der Waals surface area contributed by atoms with Crippen LogP contribution < -0.4 is 14.8 Å². The number of ether oxygens (including phenoxy) is 2. The van der Waals surface area contributed by atoms with Gasteiger partial charge >= 0.3 is 0 Å². The molecule has 2 bridgehead atoms. The van der Waals surface area contributed by atoms with Gasteiger partial charge in [0.1, 0.15) is 6.61 Å². The molecule has 3 heterocycles. The second-order valence-corrected chi connectivity index (χ2v) is 8.14. The van der Waals surface area contributed by atoms with Crippen LogP contribution in [0.2, 0.25) is 5.02 Å². The second kappa shape index (κ2) is 9.17. The van der Waals surface area contributed by atoms with E-state index in [9.17, 15) is 0 Å². The van der Waals surface area contributed by atoms with Crippen molar-refractivity contribution in [2.24, 2.45) is 5.92 Å². The van der Waals surface area contributed by atoms with Crippen molar-refractivity contribution >= 4 is 11.6 Å². The molecule has 0 radical (unpaired) electrons. The molecule has 1 atom stereocenters.